The first-order valence-corrected chi connectivity index (χ1v) is 8.11. The van der Waals surface area contributed by atoms with Crippen LogP contribution in [0.3, 0.4) is 0 Å². The molecule has 1 atom stereocenters. The Hall–Kier alpha value is -0.470. The molecule has 1 nitrogen and oxygen atoms in total. The predicted molar refractivity (Wildman–Crippen MR) is 82.4 cm³/mol. The van der Waals surface area contributed by atoms with Crippen LogP contribution in [0.2, 0.25) is 0 Å². The molecule has 1 unspecified atom stereocenters. The summed E-state index contributed by atoms with van der Waals surface area (Å²) in [5, 5.41) is 4.38. The van der Waals surface area contributed by atoms with Crippen LogP contribution < -0.4 is 5.32 Å². The van der Waals surface area contributed by atoms with Gasteiger partial charge in [-0.05, 0) is 39.3 Å². The van der Waals surface area contributed by atoms with E-state index in [1.807, 2.05) is 0 Å². The van der Waals surface area contributed by atoms with Crippen LogP contribution in [0.15, 0.2) is 18.2 Å². The number of rotatable bonds is 5. The number of benzene rings is 1. The molecule has 2 heteroatoms. The summed E-state index contributed by atoms with van der Waals surface area (Å²) in [5.74, 6) is 1.20. The highest BCUT2D eigenvalue weighted by molar-refractivity contribution is 7.99. The first-order chi connectivity index (χ1) is 8.69. The predicted octanol–water partition coefficient (Wildman–Crippen LogP) is 4.24. The Bertz CT molecular complexity index is 362. The largest absolute Gasteiger partial charge is 0.312 e. The molecule has 2 rings (SSSR count). The van der Waals surface area contributed by atoms with Gasteiger partial charge in [0.25, 0.3) is 0 Å². The van der Waals surface area contributed by atoms with Gasteiger partial charge in [-0.15, -0.1) is 0 Å². The fraction of sp³-hybridized carbons (Fsp3) is 0.625. The summed E-state index contributed by atoms with van der Waals surface area (Å²) in [7, 11) is 2.08. The van der Waals surface area contributed by atoms with Gasteiger partial charge in [0.2, 0.25) is 0 Å². The molecule has 0 radical (unpaired) electrons. The molecule has 18 heavy (non-hydrogen) atoms. The summed E-state index contributed by atoms with van der Waals surface area (Å²) in [4.78, 5) is 0. The van der Waals surface area contributed by atoms with Crippen LogP contribution in [0.25, 0.3) is 0 Å². The van der Waals surface area contributed by atoms with Crippen LogP contribution >= 0.6 is 11.8 Å². The van der Waals surface area contributed by atoms with E-state index in [1.165, 1.54) is 48.1 Å². The van der Waals surface area contributed by atoms with E-state index < -0.39 is 0 Å². The minimum atomic E-state index is 0.495. The maximum atomic E-state index is 3.48. The van der Waals surface area contributed by atoms with Gasteiger partial charge in [0.15, 0.2) is 0 Å². The van der Waals surface area contributed by atoms with E-state index in [1.54, 1.807) is 0 Å². The smallest absolute Gasteiger partial charge is 0.0409 e. The zero-order chi connectivity index (χ0) is 13.0. The molecule has 1 aliphatic rings. The standard InChI is InChI=1S/C16H25NS/c1-12-8-13(2)10-14(9-12)16(17-3)11-18-15-6-4-5-7-15/h8-10,15-17H,4-7,11H2,1-3H3. The normalized spacial score (nSPS) is 18.2. The van der Waals surface area contributed by atoms with E-state index in [2.05, 4.69) is 56.2 Å². The summed E-state index contributed by atoms with van der Waals surface area (Å²) in [6.07, 6.45) is 5.72. The molecule has 1 saturated carbocycles. The molecule has 0 saturated heterocycles. The first-order valence-electron chi connectivity index (χ1n) is 7.06. The monoisotopic (exact) mass is 263 g/mol. The van der Waals surface area contributed by atoms with Crippen LogP contribution in [0.5, 0.6) is 0 Å². The second-order valence-electron chi connectivity index (χ2n) is 5.50. The van der Waals surface area contributed by atoms with E-state index in [-0.39, 0.29) is 0 Å². The molecule has 1 aromatic carbocycles. The Morgan fingerprint density at radius 2 is 1.78 bits per heavy atom. The third kappa shape index (κ3) is 3.76. The van der Waals surface area contributed by atoms with Crippen molar-refractivity contribution in [2.24, 2.45) is 0 Å². The average Bonchev–Trinajstić information content (AvgIpc) is 2.81. The Balaban J connectivity index is 1.98. The third-order valence-corrected chi connectivity index (χ3v) is 5.26. The van der Waals surface area contributed by atoms with Crippen LogP contribution in [-0.4, -0.2) is 18.1 Å². The van der Waals surface area contributed by atoms with Crippen LogP contribution in [0.4, 0.5) is 0 Å². The molecule has 0 aromatic heterocycles. The average molecular weight is 263 g/mol. The molecule has 0 heterocycles. The topological polar surface area (TPSA) is 12.0 Å². The summed E-state index contributed by atoms with van der Waals surface area (Å²) in [5.41, 5.74) is 4.19. The summed E-state index contributed by atoms with van der Waals surface area (Å²) < 4.78 is 0. The van der Waals surface area contributed by atoms with Crippen LogP contribution in [0, 0.1) is 13.8 Å². The van der Waals surface area contributed by atoms with Crippen molar-refractivity contribution < 1.29 is 0 Å². The molecule has 0 aliphatic heterocycles. The zero-order valence-corrected chi connectivity index (χ0v) is 12.6. The minimum absolute atomic E-state index is 0.495. The fourth-order valence-electron chi connectivity index (χ4n) is 2.84. The van der Waals surface area contributed by atoms with E-state index in [4.69, 9.17) is 0 Å². The zero-order valence-electron chi connectivity index (χ0n) is 11.8. The van der Waals surface area contributed by atoms with Crippen LogP contribution in [0.1, 0.15) is 48.4 Å². The second-order valence-corrected chi connectivity index (χ2v) is 6.84. The molecule has 0 bridgehead atoms. The van der Waals surface area contributed by atoms with Crippen LogP contribution in [-0.2, 0) is 0 Å². The van der Waals surface area contributed by atoms with Gasteiger partial charge < -0.3 is 5.32 Å². The van der Waals surface area contributed by atoms with Crippen molar-refractivity contribution in [1.82, 2.24) is 5.32 Å². The molecule has 1 fully saturated rings. The van der Waals surface area contributed by atoms with E-state index >= 15 is 0 Å². The number of aryl methyl sites for hydroxylation is 2. The molecule has 0 spiro atoms. The number of thioether (sulfide) groups is 1. The lowest BCUT2D eigenvalue weighted by molar-refractivity contribution is 0.659. The lowest BCUT2D eigenvalue weighted by Gasteiger charge is -2.19. The van der Waals surface area contributed by atoms with Crippen molar-refractivity contribution in [2.75, 3.05) is 12.8 Å². The first kappa shape index (κ1) is 14.0. The Labute approximate surface area is 116 Å². The minimum Gasteiger partial charge on any atom is -0.312 e. The van der Waals surface area contributed by atoms with E-state index in [0.717, 1.165) is 5.25 Å². The Kier molecular flexibility index (Phi) is 5.13. The van der Waals surface area contributed by atoms with Crippen molar-refractivity contribution >= 4 is 11.8 Å². The van der Waals surface area contributed by atoms with Gasteiger partial charge in [-0.3, -0.25) is 0 Å². The summed E-state index contributed by atoms with van der Waals surface area (Å²) >= 11 is 2.16. The second kappa shape index (κ2) is 6.63. The van der Waals surface area contributed by atoms with Crippen molar-refractivity contribution in [1.29, 1.82) is 0 Å². The van der Waals surface area contributed by atoms with Gasteiger partial charge >= 0.3 is 0 Å². The molecule has 100 valence electrons. The van der Waals surface area contributed by atoms with Gasteiger partial charge in [0, 0.05) is 17.0 Å². The van der Waals surface area contributed by atoms with Gasteiger partial charge in [-0.2, -0.15) is 11.8 Å². The fourth-order valence-corrected chi connectivity index (χ4v) is 4.34. The highest BCUT2D eigenvalue weighted by Gasteiger charge is 2.18. The van der Waals surface area contributed by atoms with Gasteiger partial charge in [-0.25, -0.2) is 0 Å². The maximum absolute atomic E-state index is 3.48. The van der Waals surface area contributed by atoms with Gasteiger partial charge in [0.1, 0.15) is 0 Å². The van der Waals surface area contributed by atoms with Crippen molar-refractivity contribution in [3.63, 3.8) is 0 Å². The Morgan fingerprint density at radius 3 is 2.33 bits per heavy atom. The highest BCUT2D eigenvalue weighted by atomic mass is 32.2. The third-order valence-electron chi connectivity index (χ3n) is 3.80. The number of nitrogens with one attached hydrogen (secondary N) is 1. The molecule has 1 N–H and O–H groups in total. The van der Waals surface area contributed by atoms with E-state index in [9.17, 15) is 0 Å². The molecule has 0 amide bonds. The highest BCUT2D eigenvalue weighted by Crippen LogP contribution is 2.32. The lowest BCUT2D eigenvalue weighted by Crippen LogP contribution is -2.20. The molecular formula is C16H25NS. The quantitative estimate of drug-likeness (QED) is 0.853. The van der Waals surface area contributed by atoms with Gasteiger partial charge in [0.05, 0.1) is 0 Å². The molecule has 1 aromatic rings. The summed E-state index contributed by atoms with van der Waals surface area (Å²) in [6, 6.07) is 7.39. The van der Waals surface area contributed by atoms with Crippen molar-refractivity contribution in [3.05, 3.63) is 34.9 Å². The Morgan fingerprint density at radius 1 is 1.17 bits per heavy atom. The number of hydrogen-bond donors (Lipinski definition) is 1. The number of hydrogen-bond acceptors (Lipinski definition) is 2. The SMILES string of the molecule is CNC(CSC1CCCC1)c1cc(C)cc(C)c1. The van der Waals surface area contributed by atoms with Gasteiger partial charge in [-0.1, -0.05) is 42.2 Å². The maximum Gasteiger partial charge on any atom is 0.0409 e. The molecule has 1 aliphatic carbocycles. The summed E-state index contributed by atoms with van der Waals surface area (Å²) in [6.45, 7) is 4.38. The lowest BCUT2D eigenvalue weighted by atomic mass is 10.0. The van der Waals surface area contributed by atoms with Crippen molar-refractivity contribution in [3.8, 4) is 0 Å². The van der Waals surface area contributed by atoms with E-state index in [0.29, 0.717) is 6.04 Å². The molecular weight excluding hydrogens is 238 g/mol. The van der Waals surface area contributed by atoms with Crippen molar-refractivity contribution in [2.45, 2.75) is 50.8 Å².